The van der Waals surface area contributed by atoms with Gasteiger partial charge in [0.05, 0.1) is 11.5 Å². The second-order valence-corrected chi connectivity index (χ2v) is 7.74. The molecule has 0 aliphatic heterocycles. The van der Waals surface area contributed by atoms with Gasteiger partial charge in [0, 0.05) is 6.61 Å². The third kappa shape index (κ3) is 7.95. The summed E-state index contributed by atoms with van der Waals surface area (Å²) in [5.74, 6) is 0.116. The van der Waals surface area contributed by atoms with E-state index >= 15 is 0 Å². The highest BCUT2D eigenvalue weighted by molar-refractivity contribution is 7.86. The summed E-state index contributed by atoms with van der Waals surface area (Å²) in [6.45, 7) is 4.30. The molecule has 5 heteroatoms. The molecule has 1 aromatic rings. The number of benzene rings is 1. The molecule has 0 radical (unpaired) electrons. The summed E-state index contributed by atoms with van der Waals surface area (Å²) in [5.41, 5.74) is 1.01. The van der Waals surface area contributed by atoms with Gasteiger partial charge in [0.15, 0.2) is 0 Å². The van der Waals surface area contributed by atoms with E-state index in [-0.39, 0.29) is 24.0 Å². The normalized spacial score (nSPS) is 13.2. The van der Waals surface area contributed by atoms with Gasteiger partial charge in [-0.05, 0) is 37.8 Å². The van der Waals surface area contributed by atoms with E-state index in [0.29, 0.717) is 6.42 Å². The molecule has 0 spiro atoms. The second-order valence-electron chi connectivity index (χ2n) is 6.13. The lowest BCUT2D eigenvalue weighted by molar-refractivity contribution is 0.183. The Morgan fingerprint density at radius 3 is 2.30 bits per heavy atom. The molecule has 1 atom stereocenters. The smallest absolute Gasteiger partial charge is 0.296 e. The third-order valence-electron chi connectivity index (χ3n) is 4.05. The van der Waals surface area contributed by atoms with Crippen molar-refractivity contribution >= 4 is 10.1 Å². The Morgan fingerprint density at radius 2 is 1.70 bits per heavy atom. The van der Waals surface area contributed by atoms with Crippen LogP contribution in [0.5, 0.6) is 0 Å². The van der Waals surface area contributed by atoms with Crippen LogP contribution in [0.1, 0.15) is 57.4 Å². The van der Waals surface area contributed by atoms with Crippen LogP contribution in [0.15, 0.2) is 29.2 Å². The predicted molar refractivity (Wildman–Crippen MR) is 92.9 cm³/mol. The molecule has 0 saturated heterocycles. The topological polar surface area (TPSA) is 63.6 Å². The second kappa shape index (κ2) is 10.8. The van der Waals surface area contributed by atoms with Crippen LogP contribution in [0.3, 0.4) is 0 Å². The van der Waals surface area contributed by atoms with Gasteiger partial charge in [-0.1, -0.05) is 56.7 Å². The Kier molecular flexibility index (Phi) is 9.44. The summed E-state index contributed by atoms with van der Waals surface area (Å²) in [6.07, 6.45) is 7.44. The minimum atomic E-state index is -3.70. The van der Waals surface area contributed by atoms with Crippen molar-refractivity contribution < 1.29 is 17.7 Å². The molecule has 0 fully saturated rings. The number of unbranched alkanes of at least 4 members (excludes halogenated alkanes) is 4. The molecular weight excluding hydrogens is 312 g/mol. The molecule has 0 aliphatic rings. The number of aliphatic hydroxyl groups is 1. The Hall–Kier alpha value is -0.910. The van der Waals surface area contributed by atoms with Gasteiger partial charge in [-0.15, -0.1) is 0 Å². The van der Waals surface area contributed by atoms with Gasteiger partial charge in [0.25, 0.3) is 10.1 Å². The van der Waals surface area contributed by atoms with Gasteiger partial charge in [0.2, 0.25) is 0 Å². The minimum absolute atomic E-state index is 0.0850. The molecule has 1 N–H and O–H groups in total. The van der Waals surface area contributed by atoms with Crippen LogP contribution in [0.4, 0.5) is 0 Å². The molecular formula is C18H30O4S. The molecule has 0 heterocycles. The van der Waals surface area contributed by atoms with Crippen LogP contribution in [-0.2, 0) is 14.3 Å². The number of hydrogen-bond donors (Lipinski definition) is 1. The van der Waals surface area contributed by atoms with Crippen LogP contribution in [0.2, 0.25) is 0 Å². The molecule has 4 nitrogen and oxygen atoms in total. The monoisotopic (exact) mass is 342 g/mol. The Balaban J connectivity index is 2.34. The summed E-state index contributed by atoms with van der Waals surface area (Å²) in [4.78, 5) is 0.184. The standard InChI is InChI=1S/C18H30O4S/c1-3-4-5-6-7-8-17(15-19)13-14-22-23(20,21)18-11-9-16(2)10-12-18/h9-12,17,19H,3-8,13-15H2,1-2H3/t17-/m1/s1. The molecule has 0 saturated carbocycles. The van der Waals surface area contributed by atoms with Crippen molar-refractivity contribution in [2.24, 2.45) is 5.92 Å². The van der Waals surface area contributed by atoms with Gasteiger partial charge < -0.3 is 5.11 Å². The van der Waals surface area contributed by atoms with E-state index in [1.807, 2.05) is 6.92 Å². The maximum atomic E-state index is 12.1. The summed E-state index contributed by atoms with van der Waals surface area (Å²) in [6, 6.07) is 6.62. The van der Waals surface area contributed by atoms with Crippen molar-refractivity contribution in [2.45, 2.75) is 63.7 Å². The Labute approximate surface area is 141 Å². The molecule has 0 bridgehead atoms. The van der Waals surface area contributed by atoms with Crippen molar-refractivity contribution in [3.05, 3.63) is 29.8 Å². The summed E-state index contributed by atoms with van der Waals surface area (Å²) < 4.78 is 29.2. The van der Waals surface area contributed by atoms with E-state index in [4.69, 9.17) is 4.18 Å². The molecule has 1 rings (SSSR count). The quantitative estimate of drug-likeness (QED) is 0.459. The zero-order valence-electron chi connectivity index (χ0n) is 14.3. The Bertz CT molecular complexity index is 522. The summed E-state index contributed by atoms with van der Waals surface area (Å²) >= 11 is 0. The Morgan fingerprint density at radius 1 is 1.04 bits per heavy atom. The fraction of sp³-hybridized carbons (Fsp3) is 0.667. The highest BCUT2D eigenvalue weighted by atomic mass is 32.2. The number of aryl methyl sites for hydroxylation is 1. The van der Waals surface area contributed by atoms with Crippen molar-refractivity contribution in [1.82, 2.24) is 0 Å². The lowest BCUT2D eigenvalue weighted by Gasteiger charge is -2.14. The third-order valence-corrected chi connectivity index (χ3v) is 5.37. The highest BCUT2D eigenvalue weighted by Gasteiger charge is 2.16. The van der Waals surface area contributed by atoms with Crippen molar-refractivity contribution in [3.63, 3.8) is 0 Å². The zero-order chi connectivity index (χ0) is 17.1. The van der Waals surface area contributed by atoms with Gasteiger partial charge in [0.1, 0.15) is 0 Å². The van der Waals surface area contributed by atoms with Gasteiger partial charge in [-0.3, -0.25) is 4.18 Å². The fourth-order valence-corrected chi connectivity index (χ4v) is 3.38. The van der Waals surface area contributed by atoms with Gasteiger partial charge in [-0.25, -0.2) is 0 Å². The average Bonchev–Trinajstić information content (AvgIpc) is 2.53. The maximum Gasteiger partial charge on any atom is 0.296 e. The van der Waals surface area contributed by atoms with E-state index in [0.717, 1.165) is 18.4 Å². The van der Waals surface area contributed by atoms with E-state index in [2.05, 4.69) is 6.92 Å². The van der Waals surface area contributed by atoms with Crippen molar-refractivity contribution in [1.29, 1.82) is 0 Å². The SMILES string of the molecule is CCCCCCC[C@@H](CO)CCOS(=O)(=O)c1ccc(C)cc1. The predicted octanol–water partition coefficient (Wildman–Crippen LogP) is 4.06. The minimum Gasteiger partial charge on any atom is -0.396 e. The van der Waals surface area contributed by atoms with Crippen molar-refractivity contribution in [3.8, 4) is 0 Å². The van der Waals surface area contributed by atoms with Crippen LogP contribution in [0, 0.1) is 12.8 Å². The first-order chi connectivity index (χ1) is 11.0. The lowest BCUT2D eigenvalue weighted by Crippen LogP contribution is -2.13. The molecule has 132 valence electrons. The van der Waals surface area contributed by atoms with Crippen LogP contribution in [0.25, 0.3) is 0 Å². The summed E-state index contributed by atoms with van der Waals surface area (Å²) in [7, 11) is -3.70. The molecule has 23 heavy (non-hydrogen) atoms. The highest BCUT2D eigenvalue weighted by Crippen LogP contribution is 2.17. The molecule has 0 aromatic heterocycles. The first-order valence-corrected chi connectivity index (χ1v) is 9.97. The number of aliphatic hydroxyl groups excluding tert-OH is 1. The van der Waals surface area contributed by atoms with Crippen molar-refractivity contribution in [2.75, 3.05) is 13.2 Å². The molecule has 0 amide bonds. The average molecular weight is 343 g/mol. The van der Waals surface area contributed by atoms with Crippen LogP contribution < -0.4 is 0 Å². The van der Waals surface area contributed by atoms with E-state index in [1.54, 1.807) is 24.3 Å². The van der Waals surface area contributed by atoms with Crippen LogP contribution >= 0.6 is 0 Å². The largest absolute Gasteiger partial charge is 0.396 e. The summed E-state index contributed by atoms with van der Waals surface area (Å²) in [5, 5.41) is 9.40. The lowest BCUT2D eigenvalue weighted by atomic mass is 9.98. The zero-order valence-corrected chi connectivity index (χ0v) is 15.1. The number of hydrogen-bond acceptors (Lipinski definition) is 4. The van der Waals surface area contributed by atoms with Gasteiger partial charge >= 0.3 is 0 Å². The maximum absolute atomic E-state index is 12.1. The van der Waals surface area contributed by atoms with Gasteiger partial charge in [-0.2, -0.15) is 8.42 Å². The van der Waals surface area contributed by atoms with E-state index < -0.39 is 10.1 Å². The molecule has 1 aromatic carbocycles. The molecule has 0 unspecified atom stereocenters. The van der Waals surface area contributed by atoms with E-state index in [1.165, 1.54) is 25.7 Å². The first-order valence-electron chi connectivity index (χ1n) is 8.56. The fourth-order valence-electron chi connectivity index (χ4n) is 2.46. The first kappa shape index (κ1) is 20.1. The molecule has 0 aliphatic carbocycles. The number of rotatable bonds is 12. The van der Waals surface area contributed by atoms with E-state index in [9.17, 15) is 13.5 Å². The van der Waals surface area contributed by atoms with Crippen LogP contribution in [-0.4, -0.2) is 26.7 Å².